The van der Waals surface area contributed by atoms with Crippen LogP contribution in [0.25, 0.3) is 11.0 Å². The topological polar surface area (TPSA) is 28.4 Å². The van der Waals surface area contributed by atoms with Crippen LogP contribution in [-0.2, 0) is 0 Å². The van der Waals surface area contributed by atoms with Gasteiger partial charge in [0.1, 0.15) is 0 Å². The monoisotopic (exact) mass is 276 g/mol. The largest absolute Gasteiger partial charge is 0.462 e. The van der Waals surface area contributed by atoms with Crippen LogP contribution < -0.4 is 10.2 Å². The van der Waals surface area contributed by atoms with E-state index in [1.54, 1.807) is 6.26 Å². The molecule has 1 N–H and O–H groups in total. The van der Waals surface area contributed by atoms with Gasteiger partial charge in [-0.25, -0.2) is 0 Å². The maximum Gasteiger partial charge on any atom is 0.157 e. The highest BCUT2D eigenvalue weighted by Gasteiger charge is 2.13. The average Bonchev–Trinajstić information content (AvgIpc) is 2.85. The molecule has 0 atom stereocenters. The third kappa shape index (κ3) is 4.01. The summed E-state index contributed by atoms with van der Waals surface area (Å²) >= 11 is 0. The van der Waals surface area contributed by atoms with Crippen molar-refractivity contribution in [2.75, 3.05) is 31.1 Å². The zero-order valence-electron chi connectivity index (χ0n) is 13.3. The van der Waals surface area contributed by atoms with Gasteiger partial charge in [0.05, 0.1) is 12.0 Å². The summed E-state index contributed by atoms with van der Waals surface area (Å²) in [6, 6.07) is 8.37. The molecule has 0 bridgehead atoms. The summed E-state index contributed by atoms with van der Waals surface area (Å²) in [5, 5.41) is 4.61. The Morgan fingerprint density at radius 2 is 1.80 bits per heavy atom. The second-order valence-corrected chi connectivity index (χ2v) is 4.21. The summed E-state index contributed by atoms with van der Waals surface area (Å²) in [7, 11) is 0. The molecule has 1 aliphatic rings. The van der Waals surface area contributed by atoms with Crippen molar-refractivity contribution < 1.29 is 4.42 Å². The van der Waals surface area contributed by atoms with E-state index in [0.717, 1.165) is 31.8 Å². The van der Waals surface area contributed by atoms with Crippen molar-refractivity contribution in [3.8, 4) is 0 Å². The number of furan rings is 1. The van der Waals surface area contributed by atoms with Crippen LogP contribution in [0.5, 0.6) is 0 Å². The van der Waals surface area contributed by atoms with Crippen LogP contribution in [0.4, 0.5) is 5.69 Å². The van der Waals surface area contributed by atoms with E-state index in [9.17, 15) is 0 Å². The number of anilines is 1. The van der Waals surface area contributed by atoms with E-state index in [0.29, 0.717) is 0 Å². The molecule has 3 heteroatoms. The van der Waals surface area contributed by atoms with Crippen molar-refractivity contribution in [1.29, 1.82) is 0 Å². The predicted octanol–water partition coefficient (Wildman–Crippen LogP) is 4.28. The van der Waals surface area contributed by atoms with Gasteiger partial charge in [0.2, 0.25) is 0 Å². The van der Waals surface area contributed by atoms with Gasteiger partial charge in [0, 0.05) is 25.0 Å². The lowest BCUT2D eigenvalue weighted by molar-refractivity contribution is 0.613. The molecule has 0 saturated carbocycles. The summed E-state index contributed by atoms with van der Waals surface area (Å²) < 4.78 is 5.58. The first-order valence-corrected chi connectivity index (χ1v) is 7.87. The first-order valence-electron chi connectivity index (χ1n) is 7.87. The summed E-state index contributed by atoms with van der Waals surface area (Å²) in [5.41, 5.74) is 2.25. The molecular formula is C17H28N2O. The Kier molecular flexibility index (Phi) is 7.81. The van der Waals surface area contributed by atoms with Crippen LogP contribution in [-0.4, -0.2) is 26.2 Å². The normalized spacial score (nSPS) is 14.7. The van der Waals surface area contributed by atoms with Gasteiger partial charge in [0.15, 0.2) is 5.58 Å². The molecule has 2 aromatic rings. The van der Waals surface area contributed by atoms with Crippen LogP contribution in [0.15, 0.2) is 34.9 Å². The molecule has 1 aromatic heterocycles. The van der Waals surface area contributed by atoms with E-state index >= 15 is 0 Å². The second-order valence-electron chi connectivity index (χ2n) is 4.21. The van der Waals surface area contributed by atoms with E-state index in [2.05, 4.69) is 28.4 Å². The number of para-hydroxylation sites is 1. The fourth-order valence-electron chi connectivity index (χ4n) is 2.31. The number of hydrogen-bond acceptors (Lipinski definition) is 3. The van der Waals surface area contributed by atoms with Crippen molar-refractivity contribution in [1.82, 2.24) is 5.32 Å². The van der Waals surface area contributed by atoms with E-state index in [1.807, 2.05) is 33.8 Å². The summed E-state index contributed by atoms with van der Waals surface area (Å²) in [6.07, 6.45) is 2.96. The molecule has 0 radical (unpaired) electrons. The summed E-state index contributed by atoms with van der Waals surface area (Å²) in [4.78, 5) is 2.41. The van der Waals surface area contributed by atoms with Gasteiger partial charge in [0.25, 0.3) is 0 Å². The van der Waals surface area contributed by atoms with Crippen molar-refractivity contribution in [3.63, 3.8) is 0 Å². The smallest absolute Gasteiger partial charge is 0.157 e. The van der Waals surface area contributed by atoms with Crippen molar-refractivity contribution in [3.05, 3.63) is 30.5 Å². The first kappa shape index (κ1) is 16.6. The Bertz CT molecular complexity index is 471. The molecule has 0 amide bonds. The van der Waals surface area contributed by atoms with E-state index in [1.165, 1.54) is 17.5 Å². The van der Waals surface area contributed by atoms with Crippen LogP contribution in [0.3, 0.4) is 0 Å². The third-order valence-corrected chi connectivity index (χ3v) is 3.14. The quantitative estimate of drug-likeness (QED) is 0.842. The second kappa shape index (κ2) is 9.43. The Balaban J connectivity index is 0.000000461. The lowest BCUT2D eigenvalue weighted by Crippen LogP contribution is -2.27. The number of nitrogens with one attached hydrogen (secondary N) is 1. The van der Waals surface area contributed by atoms with E-state index in [4.69, 9.17) is 4.42 Å². The van der Waals surface area contributed by atoms with Crippen LogP contribution in [0, 0.1) is 0 Å². The molecule has 1 aliphatic heterocycles. The van der Waals surface area contributed by atoms with Gasteiger partial charge >= 0.3 is 0 Å². The zero-order chi connectivity index (χ0) is 14.8. The van der Waals surface area contributed by atoms with Gasteiger partial charge in [-0.05, 0) is 25.1 Å². The Morgan fingerprint density at radius 1 is 1.00 bits per heavy atom. The fourth-order valence-corrected chi connectivity index (χ4v) is 2.31. The number of benzene rings is 1. The highest BCUT2D eigenvalue weighted by Crippen LogP contribution is 2.27. The molecule has 20 heavy (non-hydrogen) atoms. The molecule has 1 fully saturated rings. The van der Waals surface area contributed by atoms with Gasteiger partial charge in [-0.1, -0.05) is 39.8 Å². The third-order valence-electron chi connectivity index (χ3n) is 3.14. The highest BCUT2D eigenvalue weighted by molar-refractivity contribution is 5.89. The summed E-state index contributed by atoms with van der Waals surface area (Å²) in [6.45, 7) is 12.3. The maximum absolute atomic E-state index is 5.58. The average molecular weight is 276 g/mol. The van der Waals surface area contributed by atoms with Gasteiger partial charge < -0.3 is 14.6 Å². The number of hydrogen-bond donors (Lipinski definition) is 1. The molecule has 1 saturated heterocycles. The lowest BCUT2D eigenvalue weighted by atomic mass is 10.2. The maximum atomic E-state index is 5.58. The predicted molar refractivity (Wildman–Crippen MR) is 88.6 cm³/mol. The van der Waals surface area contributed by atoms with Crippen molar-refractivity contribution in [2.45, 2.75) is 34.1 Å². The molecule has 0 unspecified atom stereocenters. The van der Waals surface area contributed by atoms with E-state index in [-0.39, 0.29) is 0 Å². The SMILES string of the molecule is CC.CC.c1cc(N2CCCNCC2)c2occc2c1. The van der Waals surface area contributed by atoms with Crippen LogP contribution in [0.2, 0.25) is 0 Å². The molecular weight excluding hydrogens is 248 g/mol. The lowest BCUT2D eigenvalue weighted by Gasteiger charge is -2.22. The highest BCUT2D eigenvalue weighted by atomic mass is 16.3. The van der Waals surface area contributed by atoms with Crippen molar-refractivity contribution >= 4 is 16.7 Å². The zero-order valence-corrected chi connectivity index (χ0v) is 13.3. The minimum absolute atomic E-state index is 1.02. The van der Waals surface area contributed by atoms with Gasteiger partial charge in [-0.2, -0.15) is 0 Å². The fraction of sp³-hybridized carbons (Fsp3) is 0.529. The first-order chi connectivity index (χ1) is 9.95. The number of fused-ring (bicyclic) bond motifs is 1. The molecule has 3 rings (SSSR count). The molecule has 0 spiro atoms. The van der Waals surface area contributed by atoms with Crippen LogP contribution >= 0.6 is 0 Å². The summed E-state index contributed by atoms with van der Waals surface area (Å²) in [5.74, 6) is 0. The minimum atomic E-state index is 1.02. The van der Waals surface area contributed by atoms with Crippen molar-refractivity contribution in [2.24, 2.45) is 0 Å². The van der Waals surface area contributed by atoms with Gasteiger partial charge in [-0.15, -0.1) is 0 Å². The molecule has 1 aromatic carbocycles. The Labute approximate surface area is 123 Å². The molecule has 3 nitrogen and oxygen atoms in total. The Morgan fingerprint density at radius 3 is 2.60 bits per heavy atom. The van der Waals surface area contributed by atoms with E-state index < -0.39 is 0 Å². The standard InChI is InChI=1S/C13H16N2O.2C2H6/c1-3-11-5-10-16-13(11)12(4-1)15-8-2-6-14-7-9-15;2*1-2/h1,3-5,10,14H,2,6-9H2;2*1-2H3. The van der Waals surface area contributed by atoms with Gasteiger partial charge in [-0.3, -0.25) is 0 Å². The molecule has 0 aliphatic carbocycles. The molecule has 2 heterocycles. The Hall–Kier alpha value is -1.48. The molecule has 112 valence electrons. The minimum Gasteiger partial charge on any atom is -0.462 e. The van der Waals surface area contributed by atoms with Crippen LogP contribution in [0.1, 0.15) is 34.1 Å². The number of nitrogens with zero attached hydrogens (tertiary/aromatic N) is 1. The number of rotatable bonds is 1.